The number of carbonyl (C=O) groups excluding carboxylic acids is 1. The number of ether oxygens (including phenoxy) is 2. The highest BCUT2D eigenvalue weighted by Crippen LogP contribution is 2.34. The van der Waals surface area contributed by atoms with Crippen LogP contribution in [0.1, 0.15) is 25.3 Å². The molecule has 1 unspecified atom stereocenters. The number of rotatable bonds is 8. The van der Waals surface area contributed by atoms with Gasteiger partial charge in [-0.05, 0) is 76.2 Å². The summed E-state index contributed by atoms with van der Waals surface area (Å²) in [6.07, 6.45) is 0.839. The summed E-state index contributed by atoms with van der Waals surface area (Å²) in [4.78, 5) is 22.0. The Labute approximate surface area is 140 Å². The minimum absolute atomic E-state index is 0.241. The molecule has 7 heteroatoms. The molecule has 0 radical (unpaired) electrons. The number of halogens is 2. The average Bonchev–Trinajstić information content (AvgIpc) is 2.41. The third-order valence-electron chi connectivity index (χ3n) is 2.70. The molecule has 5 nitrogen and oxygen atoms in total. The Kier molecular flexibility index (Phi) is 7.88. The SMILES string of the molecule is CCOC(=O)C(CCCOc1c(Br)cc(C)cc1Br)N=O. The number of hydrogen-bond acceptors (Lipinski definition) is 5. The van der Waals surface area contributed by atoms with Gasteiger partial charge in [0.05, 0.1) is 22.2 Å². The molecule has 1 aromatic rings. The molecule has 1 aromatic carbocycles. The lowest BCUT2D eigenvalue weighted by atomic mass is 10.2. The molecule has 0 amide bonds. The fourth-order valence-corrected chi connectivity index (χ4v) is 3.37. The molecule has 0 aromatic heterocycles. The number of benzene rings is 1. The molecule has 0 saturated heterocycles. The number of esters is 1. The highest BCUT2D eigenvalue weighted by molar-refractivity contribution is 9.11. The zero-order valence-electron chi connectivity index (χ0n) is 11.9. The molecule has 0 N–H and O–H groups in total. The summed E-state index contributed by atoms with van der Waals surface area (Å²) in [5.41, 5.74) is 1.11. The number of aryl methyl sites for hydroxylation is 1. The maximum atomic E-state index is 11.4. The molecule has 1 rings (SSSR count). The van der Waals surface area contributed by atoms with E-state index in [1.807, 2.05) is 19.1 Å². The first-order valence-corrected chi connectivity index (χ1v) is 8.15. The van der Waals surface area contributed by atoms with Gasteiger partial charge in [-0.2, -0.15) is 0 Å². The van der Waals surface area contributed by atoms with E-state index in [1.165, 1.54) is 0 Å². The van der Waals surface area contributed by atoms with Crippen molar-refractivity contribution in [2.75, 3.05) is 13.2 Å². The van der Waals surface area contributed by atoms with Gasteiger partial charge in [-0.15, -0.1) is 4.91 Å². The van der Waals surface area contributed by atoms with E-state index in [-0.39, 0.29) is 6.61 Å². The topological polar surface area (TPSA) is 65.0 Å². The molecule has 0 saturated carbocycles. The summed E-state index contributed by atoms with van der Waals surface area (Å²) in [5.74, 6) is 0.123. The molecule has 21 heavy (non-hydrogen) atoms. The number of hydrogen-bond donors (Lipinski definition) is 0. The van der Waals surface area contributed by atoms with Gasteiger partial charge in [-0.25, -0.2) is 4.79 Å². The second-order valence-electron chi connectivity index (χ2n) is 4.42. The summed E-state index contributed by atoms with van der Waals surface area (Å²) < 4.78 is 12.1. The molecule has 116 valence electrons. The van der Waals surface area contributed by atoms with Gasteiger partial charge in [0.1, 0.15) is 5.75 Å². The van der Waals surface area contributed by atoms with Crippen molar-refractivity contribution in [3.05, 3.63) is 31.5 Å². The smallest absolute Gasteiger partial charge is 0.334 e. The van der Waals surface area contributed by atoms with Gasteiger partial charge in [0, 0.05) is 0 Å². The second kappa shape index (κ2) is 9.15. The molecule has 0 heterocycles. The summed E-state index contributed by atoms with van der Waals surface area (Å²) in [7, 11) is 0. The van der Waals surface area contributed by atoms with Crippen LogP contribution in [0.3, 0.4) is 0 Å². The van der Waals surface area contributed by atoms with Gasteiger partial charge in [0.25, 0.3) is 0 Å². The van der Waals surface area contributed by atoms with Crippen molar-refractivity contribution in [1.29, 1.82) is 0 Å². The lowest BCUT2D eigenvalue weighted by Crippen LogP contribution is -2.21. The minimum Gasteiger partial charge on any atom is -0.491 e. The zero-order valence-corrected chi connectivity index (χ0v) is 15.1. The van der Waals surface area contributed by atoms with Crippen molar-refractivity contribution in [3.8, 4) is 5.75 Å². The molecule has 0 spiro atoms. The van der Waals surface area contributed by atoms with Crippen LogP contribution in [0.25, 0.3) is 0 Å². The molecule has 0 aliphatic heterocycles. The quantitative estimate of drug-likeness (QED) is 0.354. The van der Waals surface area contributed by atoms with Crippen molar-refractivity contribution in [1.82, 2.24) is 0 Å². The zero-order chi connectivity index (χ0) is 15.8. The van der Waals surface area contributed by atoms with Crippen LogP contribution in [0.2, 0.25) is 0 Å². The Hall–Kier alpha value is -0.950. The molecule has 1 atom stereocenters. The monoisotopic (exact) mass is 421 g/mol. The first-order valence-electron chi connectivity index (χ1n) is 6.57. The summed E-state index contributed by atoms with van der Waals surface area (Å²) >= 11 is 6.88. The molecule has 0 aliphatic rings. The van der Waals surface area contributed by atoms with E-state index in [2.05, 4.69) is 37.0 Å². The first-order chi connectivity index (χ1) is 9.99. The number of nitroso groups, excluding NO2 is 1. The van der Waals surface area contributed by atoms with Crippen LogP contribution in [-0.2, 0) is 9.53 Å². The third-order valence-corrected chi connectivity index (χ3v) is 3.87. The molecular weight excluding hydrogens is 406 g/mol. The van der Waals surface area contributed by atoms with E-state index in [1.54, 1.807) is 6.92 Å². The van der Waals surface area contributed by atoms with Gasteiger partial charge in [0.15, 0.2) is 6.04 Å². The fraction of sp³-hybridized carbons (Fsp3) is 0.500. The van der Waals surface area contributed by atoms with Crippen LogP contribution in [-0.4, -0.2) is 25.2 Å². The van der Waals surface area contributed by atoms with E-state index in [0.717, 1.165) is 14.5 Å². The van der Waals surface area contributed by atoms with Crippen molar-refractivity contribution < 1.29 is 14.3 Å². The van der Waals surface area contributed by atoms with Crippen LogP contribution < -0.4 is 4.74 Å². The van der Waals surface area contributed by atoms with Crippen molar-refractivity contribution in [2.45, 2.75) is 32.7 Å². The molecule has 0 bridgehead atoms. The maximum absolute atomic E-state index is 11.4. The predicted molar refractivity (Wildman–Crippen MR) is 87.5 cm³/mol. The first kappa shape index (κ1) is 18.1. The van der Waals surface area contributed by atoms with Gasteiger partial charge in [-0.1, -0.05) is 5.18 Å². The molecular formula is C14H17Br2NO4. The molecule has 0 aliphatic carbocycles. The number of nitrogens with zero attached hydrogens (tertiary/aromatic N) is 1. The van der Waals surface area contributed by atoms with E-state index in [0.29, 0.717) is 25.2 Å². The van der Waals surface area contributed by atoms with Crippen molar-refractivity contribution in [2.24, 2.45) is 5.18 Å². The van der Waals surface area contributed by atoms with E-state index in [4.69, 9.17) is 9.47 Å². The Morgan fingerprint density at radius 2 is 1.95 bits per heavy atom. The van der Waals surface area contributed by atoms with Crippen LogP contribution >= 0.6 is 31.9 Å². The van der Waals surface area contributed by atoms with Gasteiger partial charge in [-0.3, -0.25) is 0 Å². The summed E-state index contributed by atoms with van der Waals surface area (Å²) in [5, 5.41) is 2.80. The van der Waals surface area contributed by atoms with Crippen LogP contribution in [0.15, 0.2) is 26.3 Å². The average molecular weight is 423 g/mol. The largest absolute Gasteiger partial charge is 0.491 e. The van der Waals surface area contributed by atoms with Crippen LogP contribution in [0, 0.1) is 11.8 Å². The van der Waals surface area contributed by atoms with Crippen LogP contribution in [0.4, 0.5) is 0 Å². The Morgan fingerprint density at radius 3 is 2.48 bits per heavy atom. The fourth-order valence-electron chi connectivity index (χ4n) is 1.73. The lowest BCUT2D eigenvalue weighted by Gasteiger charge is -2.12. The summed E-state index contributed by atoms with van der Waals surface area (Å²) in [6.45, 7) is 4.30. The van der Waals surface area contributed by atoms with Gasteiger partial charge >= 0.3 is 5.97 Å². The van der Waals surface area contributed by atoms with Crippen LogP contribution in [0.5, 0.6) is 5.75 Å². The van der Waals surface area contributed by atoms with Crippen molar-refractivity contribution >= 4 is 37.8 Å². The second-order valence-corrected chi connectivity index (χ2v) is 6.13. The van der Waals surface area contributed by atoms with Gasteiger partial charge in [0.2, 0.25) is 0 Å². The Morgan fingerprint density at radius 1 is 1.33 bits per heavy atom. The van der Waals surface area contributed by atoms with E-state index in [9.17, 15) is 9.70 Å². The standard InChI is InChI=1S/C14H17Br2NO4/c1-3-20-14(18)12(17-19)5-4-6-21-13-10(15)7-9(2)8-11(13)16/h7-8,12H,3-6H2,1-2H3. The van der Waals surface area contributed by atoms with E-state index >= 15 is 0 Å². The minimum atomic E-state index is -0.960. The van der Waals surface area contributed by atoms with E-state index < -0.39 is 12.0 Å². The summed E-state index contributed by atoms with van der Waals surface area (Å²) in [6, 6.07) is 2.95. The van der Waals surface area contributed by atoms with Gasteiger partial charge < -0.3 is 9.47 Å². The highest BCUT2D eigenvalue weighted by atomic mass is 79.9. The third kappa shape index (κ3) is 5.74. The predicted octanol–water partition coefficient (Wildman–Crippen LogP) is 4.38. The maximum Gasteiger partial charge on any atom is 0.334 e. The molecule has 0 fully saturated rings. The Bertz CT molecular complexity index is 485. The normalized spacial score (nSPS) is 11.8. The Balaban J connectivity index is 2.47. The number of carbonyl (C=O) groups is 1. The lowest BCUT2D eigenvalue weighted by molar-refractivity contribution is -0.144. The van der Waals surface area contributed by atoms with Crippen molar-refractivity contribution in [3.63, 3.8) is 0 Å². The highest BCUT2D eigenvalue weighted by Gasteiger charge is 2.20.